The van der Waals surface area contributed by atoms with Crippen LogP contribution in [0.15, 0.2) is 42.5 Å². The van der Waals surface area contributed by atoms with Gasteiger partial charge in [-0.3, -0.25) is 4.79 Å². The number of hydrogen-bond donors (Lipinski definition) is 1. The minimum absolute atomic E-state index is 0.259. The summed E-state index contributed by atoms with van der Waals surface area (Å²) >= 11 is 0. The molecule has 150 valence electrons. The van der Waals surface area contributed by atoms with Crippen molar-refractivity contribution in [2.75, 3.05) is 19.8 Å². The molecule has 0 saturated heterocycles. The molecule has 0 fully saturated rings. The van der Waals surface area contributed by atoms with Gasteiger partial charge in [-0.05, 0) is 54.2 Å². The van der Waals surface area contributed by atoms with Crippen LogP contribution in [0.3, 0.4) is 0 Å². The zero-order valence-electron chi connectivity index (χ0n) is 16.5. The molecule has 0 atom stereocenters. The van der Waals surface area contributed by atoms with Gasteiger partial charge >= 0.3 is 5.97 Å². The lowest BCUT2D eigenvalue weighted by Crippen LogP contribution is -2.31. The first kappa shape index (κ1) is 21.4. The van der Waals surface area contributed by atoms with Crippen LogP contribution in [0, 0.1) is 12.7 Å². The molecule has 0 spiro atoms. The summed E-state index contributed by atoms with van der Waals surface area (Å²) < 4.78 is 23.8. The Hall–Kier alpha value is -2.89. The van der Waals surface area contributed by atoms with E-state index in [9.17, 15) is 14.0 Å². The molecule has 0 aromatic heterocycles. The molecule has 2 rings (SSSR count). The van der Waals surface area contributed by atoms with Gasteiger partial charge in [0.1, 0.15) is 11.6 Å². The lowest BCUT2D eigenvalue weighted by Gasteiger charge is -2.12. The highest BCUT2D eigenvalue weighted by Crippen LogP contribution is 2.23. The van der Waals surface area contributed by atoms with Gasteiger partial charge in [0.05, 0.1) is 0 Å². The van der Waals surface area contributed by atoms with Crippen LogP contribution in [0.4, 0.5) is 4.39 Å². The largest absolute Gasteiger partial charge is 0.482 e. The second-order valence-corrected chi connectivity index (χ2v) is 6.81. The van der Waals surface area contributed by atoms with Crippen LogP contribution in [0.5, 0.6) is 5.75 Å². The summed E-state index contributed by atoms with van der Waals surface area (Å²) in [5.41, 5.74) is 2.84. The highest BCUT2D eigenvalue weighted by molar-refractivity contribution is 5.80. The van der Waals surface area contributed by atoms with Crippen molar-refractivity contribution in [3.63, 3.8) is 0 Å². The third-order valence-electron chi connectivity index (χ3n) is 4.26. The van der Waals surface area contributed by atoms with Gasteiger partial charge in [-0.25, -0.2) is 9.18 Å². The number of ether oxygens (including phenoxy) is 2. The van der Waals surface area contributed by atoms with Crippen LogP contribution in [0.1, 0.15) is 36.5 Å². The fourth-order valence-corrected chi connectivity index (χ4v) is 2.80. The maximum atomic E-state index is 13.5. The first-order chi connectivity index (χ1) is 13.4. The van der Waals surface area contributed by atoms with Crippen LogP contribution < -0.4 is 10.1 Å². The van der Waals surface area contributed by atoms with Crippen LogP contribution >= 0.6 is 0 Å². The lowest BCUT2D eigenvalue weighted by atomic mass is 9.98. The van der Waals surface area contributed by atoms with Gasteiger partial charge in [0.25, 0.3) is 5.91 Å². The molecule has 0 bridgehead atoms. The minimum Gasteiger partial charge on any atom is -0.482 e. The first-order valence-corrected chi connectivity index (χ1v) is 9.26. The Morgan fingerprint density at radius 1 is 1.11 bits per heavy atom. The minimum atomic E-state index is -0.630. The molecule has 2 aromatic carbocycles. The van der Waals surface area contributed by atoms with E-state index >= 15 is 0 Å². The molecular formula is C22H26FNO4. The normalized spacial score (nSPS) is 10.6. The maximum Gasteiger partial charge on any atom is 0.344 e. The fraction of sp³-hybridized carbons (Fsp3) is 0.364. The molecule has 1 N–H and O–H groups in total. The number of carbonyl (C=O) groups excluding carboxylic acids is 2. The molecule has 0 unspecified atom stereocenters. The summed E-state index contributed by atoms with van der Waals surface area (Å²) in [6.45, 7) is 5.80. The first-order valence-electron chi connectivity index (χ1n) is 9.26. The van der Waals surface area contributed by atoms with Crippen molar-refractivity contribution in [3.05, 3.63) is 65.0 Å². The molecule has 5 nitrogen and oxygen atoms in total. The third kappa shape index (κ3) is 6.68. The van der Waals surface area contributed by atoms with Gasteiger partial charge in [-0.15, -0.1) is 0 Å². The summed E-state index contributed by atoms with van der Waals surface area (Å²) in [6.07, 6.45) is 0.362. The SMILES string of the molecule is Cc1cc(OCC(=O)OCC(=O)NCCc2ccccc2F)ccc1C(C)C. The quantitative estimate of drug-likeness (QED) is 0.669. The second kappa shape index (κ2) is 10.4. The molecule has 28 heavy (non-hydrogen) atoms. The van der Waals surface area contributed by atoms with E-state index in [0.29, 0.717) is 23.7 Å². The number of esters is 1. The molecule has 0 aliphatic carbocycles. The van der Waals surface area contributed by atoms with Crippen molar-refractivity contribution in [3.8, 4) is 5.75 Å². The van der Waals surface area contributed by atoms with E-state index in [1.54, 1.807) is 18.2 Å². The Bertz CT molecular complexity index is 820. The van der Waals surface area contributed by atoms with Crippen LogP contribution in [0.2, 0.25) is 0 Å². The van der Waals surface area contributed by atoms with Gasteiger partial charge in [-0.1, -0.05) is 38.1 Å². The van der Waals surface area contributed by atoms with E-state index in [-0.39, 0.29) is 19.0 Å². The number of hydrogen-bond acceptors (Lipinski definition) is 4. The second-order valence-electron chi connectivity index (χ2n) is 6.81. The van der Waals surface area contributed by atoms with Crippen molar-refractivity contribution < 1.29 is 23.5 Å². The molecule has 0 aliphatic rings. The average Bonchev–Trinajstić information content (AvgIpc) is 2.66. The number of carbonyl (C=O) groups is 2. The van der Waals surface area contributed by atoms with E-state index in [0.717, 1.165) is 5.56 Å². The number of aryl methyl sites for hydroxylation is 1. The Morgan fingerprint density at radius 3 is 2.54 bits per heavy atom. The molecule has 0 radical (unpaired) electrons. The molecule has 0 aliphatic heterocycles. The summed E-state index contributed by atoms with van der Waals surface area (Å²) in [5.74, 6) is -0.391. The van der Waals surface area contributed by atoms with Crippen LogP contribution in [-0.2, 0) is 20.7 Å². The van der Waals surface area contributed by atoms with E-state index in [1.165, 1.54) is 11.6 Å². The molecule has 6 heteroatoms. The van der Waals surface area contributed by atoms with Crippen LogP contribution in [-0.4, -0.2) is 31.6 Å². The van der Waals surface area contributed by atoms with Crippen molar-refractivity contribution in [1.29, 1.82) is 0 Å². The van der Waals surface area contributed by atoms with Crippen LogP contribution in [0.25, 0.3) is 0 Å². The monoisotopic (exact) mass is 387 g/mol. The standard InChI is InChI=1S/C22H26FNO4/c1-15(2)19-9-8-18(12-16(19)3)27-14-22(26)28-13-21(25)24-11-10-17-6-4-5-7-20(17)23/h4-9,12,15H,10-11,13-14H2,1-3H3,(H,24,25). The molecule has 0 heterocycles. The average molecular weight is 387 g/mol. The zero-order valence-corrected chi connectivity index (χ0v) is 16.5. The summed E-state index contributed by atoms with van der Waals surface area (Å²) in [4.78, 5) is 23.5. The predicted octanol–water partition coefficient (Wildman–Crippen LogP) is 3.54. The highest BCUT2D eigenvalue weighted by atomic mass is 19.1. The van der Waals surface area contributed by atoms with Gasteiger partial charge in [0.15, 0.2) is 13.2 Å². The molecule has 0 saturated carbocycles. The topological polar surface area (TPSA) is 64.6 Å². The van der Waals surface area contributed by atoms with Gasteiger partial charge < -0.3 is 14.8 Å². The molecule has 1 amide bonds. The smallest absolute Gasteiger partial charge is 0.344 e. The van der Waals surface area contributed by atoms with Gasteiger partial charge in [0.2, 0.25) is 0 Å². The number of rotatable bonds is 9. The van der Waals surface area contributed by atoms with Crippen molar-refractivity contribution in [2.45, 2.75) is 33.1 Å². The van der Waals surface area contributed by atoms with Gasteiger partial charge in [-0.2, -0.15) is 0 Å². The number of benzene rings is 2. The van der Waals surface area contributed by atoms with Crippen molar-refractivity contribution >= 4 is 11.9 Å². The Balaban J connectivity index is 1.67. The predicted molar refractivity (Wildman–Crippen MR) is 105 cm³/mol. The Kier molecular flexibility index (Phi) is 7.99. The highest BCUT2D eigenvalue weighted by Gasteiger charge is 2.10. The number of nitrogens with one attached hydrogen (secondary N) is 1. The summed E-state index contributed by atoms with van der Waals surface area (Å²) in [5, 5.41) is 2.59. The van der Waals surface area contributed by atoms with E-state index in [1.807, 2.05) is 25.1 Å². The number of amides is 1. The Labute approximate surface area is 164 Å². The van der Waals surface area contributed by atoms with Crippen molar-refractivity contribution in [2.24, 2.45) is 0 Å². The van der Waals surface area contributed by atoms with E-state index in [2.05, 4.69) is 19.2 Å². The molecule has 2 aromatic rings. The van der Waals surface area contributed by atoms with Crippen molar-refractivity contribution in [1.82, 2.24) is 5.32 Å². The third-order valence-corrected chi connectivity index (χ3v) is 4.26. The Morgan fingerprint density at radius 2 is 1.86 bits per heavy atom. The lowest BCUT2D eigenvalue weighted by molar-refractivity contribution is -0.150. The molecular weight excluding hydrogens is 361 g/mol. The fourth-order valence-electron chi connectivity index (χ4n) is 2.80. The summed E-state index contributed by atoms with van der Waals surface area (Å²) in [6, 6.07) is 12.0. The van der Waals surface area contributed by atoms with E-state index in [4.69, 9.17) is 9.47 Å². The summed E-state index contributed by atoms with van der Waals surface area (Å²) in [7, 11) is 0. The number of halogens is 1. The zero-order chi connectivity index (χ0) is 20.5. The maximum absolute atomic E-state index is 13.5. The van der Waals surface area contributed by atoms with E-state index < -0.39 is 18.5 Å². The van der Waals surface area contributed by atoms with Gasteiger partial charge in [0, 0.05) is 6.54 Å².